The highest BCUT2D eigenvalue weighted by Gasteiger charge is 2.14. The molecule has 27 heavy (non-hydrogen) atoms. The second-order valence-electron chi connectivity index (χ2n) is 5.43. The average molecular weight is 475 g/mol. The second kappa shape index (κ2) is 9.84. The number of anilines is 1. The van der Waals surface area contributed by atoms with Gasteiger partial charge in [0.05, 0.1) is 11.4 Å². The molecule has 2 rings (SSSR count). The van der Waals surface area contributed by atoms with Crippen molar-refractivity contribution in [2.24, 2.45) is 0 Å². The number of carbonyl (C=O) groups excluding carboxylic acids is 2. The Hall–Kier alpha value is -1.94. The van der Waals surface area contributed by atoms with Gasteiger partial charge in [-0.1, -0.05) is 27.5 Å². The van der Waals surface area contributed by atoms with Crippen LogP contribution in [0.2, 0.25) is 5.02 Å². The Kier molecular flexibility index (Phi) is 7.78. The number of nitrogens with one attached hydrogen (secondary N) is 3. The van der Waals surface area contributed by atoms with E-state index in [9.17, 15) is 18.0 Å². The SMILES string of the molecule is O=C(CCNS(=O)(=O)c1ccc(Br)cc1)NCC(=O)Nc1ccc(Cl)cc1. The first-order valence-corrected chi connectivity index (χ1v) is 10.5. The minimum Gasteiger partial charge on any atom is -0.347 e. The topological polar surface area (TPSA) is 104 Å². The van der Waals surface area contributed by atoms with Crippen molar-refractivity contribution in [2.45, 2.75) is 11.3 Å². The molecule has 2 amide bonds. The van der Waals surface area contributed by atoms with E-state index in [0.29, 0.717) is 10.7 Å². The number of amides is 2. The summed E-state index contributed by atoms with van der Waals surface area (Å²) in [5.74, 6) is -0.846. The van der Waals surface area contributed by atoms with Gasteiger partial charge in [-0.2, -0.15) is 0 Å². The summed E-state index contributed by atoms with van der Waals surface area (Å²) in [4.78, 5) is 23.6. The monoisotopic (exact) mass is 473 g/mol. The Morgan fingerprint density at radius 1 is 0.963 bits per heavy atom. The fraction of sp³-hybridized carbons (Fsp3) is 0.176. The van der Waals surface area contributed by atoms with E-state index in [1.54, 1.807) is 36.4 Å². The van der Waals surface area contributed by atoms with Gasteiger partial charge in [-0.05, 0) is 48.5 Å². The summed E-state index contributed by atoms with van der Waals surface area (Å²) in [6, 6.07) is 12.7. The number of benzene rings is 2. The summed E-state index contributed by atoms with van der Waals surface area (Å²) in [5.41, 5.74) is 0.556. The molecule has 0 aromatic heterocycles. The highest BCUT2D eigenvalue weighted by molar-refractivity contribution is 9.10. The van der Waals surface area contributed by atoms with Crippen LogP contribution in [0.4, 0.5) is 5.69 Å². The molecule has 2 aromatic carbocycles. The van der Waals surface area contributed by atoms with E-state index in [2.05, 4.69) is 31.3 Å². The molecule has 0 heterocycles. The summed E-state index contributed by atoms with van der Waals surface area (Å²) >= 11 is 8.99. The van der Waals surface area contributed by atoms with Gasteiger partial charge in [-0.3, -0.25) is 9.59 Å². The molecule has 0 unspecified atom stereocenters. The van der Waals surface area contributed by atoms with E-state index in [4.69, 9.17) is 11.6 Å². The van der Waals surface area contributed by atoms with Gasteiger partial charge in [0, 0.05) is 28.1 Å². The number of carbonyl (C=O) groups is 2. The third-order valence-corrected chi connectivity index (χ3v) is 5.60. The van der Waals surface area contributed by atoms with Crippen molar-refractivity contribution in [1.29, 1.82) is 0 Å². The maximum Gasteiger partial charge on any atom is 0.243 e. The summed E-state index contributed by atoms with van der Waals surface area (Å²) in [5, 5.41) is 5.58. The van der Waals surface area contributed by atoms with Crippen molar-refractivity contribution in [3.8, 4) is 0 Å². The van der Waals surface area contributed by atoms with Crippen LogP contribution in [-0.4, -0.2) is 33.3 Å². The van der Waals surface area contributed by atoms with Gasteiger partial charge in [-0.25, -0.2) is 13.1 Å². The van der Waals surface area contributed by atoms with E-state index in [-0.39, 0.29) is 24.4 Å². The maximum atomic E-state index is 12.1. The number of sulfonamides is 1. The molecule has 2 aromatic rings. The molecule has 0 aliphatic heterocycles. The molecule has 0 spiro atoms. The average Bonchev–Trinajstić information content (AvgIpc) is 2.62. The largest absolute Gasteiger partial charge is 0.347 e. The number of rotatable bonds is 8. The van der Waals surface area contributed by atoms with Crippen LogP contribution in [0.5, 0.6) is 0 Å². The summed E-state index contributed by atoms with van der Waals surface area (Å²) < 4.78 is 27.3. The molecule has 0 atom stereocenters. The van der Waals surface area contributed by atoms with Crippen molar-refractivity contribution in [2.75, 3.05) is 18.4 Å². The summed E-state index contributed by atoms with van der Waals surface area (Å²) in [6.07, 6.45) is -0.0933. The number of hydrogen-bond acceptors (Lipinski definition) is 4. The second-order valence-corrected chi connectivity index (χ2v) is 8.55. The first-order valence-electron chi connectivity index (χ1n) is 7.83. The molecular weight excluding hydrogens is 458 g/mol. The van der Waals surface area contributed by atoms with Gasteiger partial charge in [0.25, 0.3) is 0 Å². The van der Waals surface area contributed by atoms with Gasteiger partial charge in [0.15, 0.2) is 0 Å². The minimum atomic E-state index is -3.69. The highest BCUT2D eigenvalue weighted by Crippen LogP contribution is 2.14. The van der Waals surface area contributed by atoms with Gasteiger partial charge in [-0.15, -0.1) is 0 Å². The molecule has 144 valence electrons. The fourth-order valence-electron chi connectivity index (χ4n) is 2.00. The Bertz CT molecular complexity index is 903. The molecule has 0 fully saturated rings. The van der Waals surface area contributed by atoms with Crippen molar-refractivity contribution >= 4 is 55.1 Å². The quantitative estimate of drug-likeness (QED) is 0.547. The van der Waals surface area contributed by atoms with Crippen LogP contribution in [0.1, 0.15) is 6.42 Å². The Balaban J connectivity index is 1.72. The lowest BCUT2D eigenvalue weighted by molar-refractivity contribution is -0.124. The zero-order valence-corrected chi connectivity index (χ0v) is 17.2. The number of halogens is 2. The molecular formula is C17H17BrClN3O4S. The van der Waals surface area contributed by atoms with E-state index >= 15 is 0 Å². The van der Waals surface area contributed by atoms with Crippen molar-refractivity contribution in [1.82, 2.24) is 10.0 Å². The third-order valence-electron chi connectivity index (χ3n) is 3.34. The van der Waals surface area contributed by atoms with Gasteiger partial charge < -0.3 is 10.6 Å². The van der Waals surface area contributed by atoms with Crippen LogP contribution in [0.25, 0.3) is 0 Å². The first-order chi connectivity index (χ1) is 12.8. The van der Waals surface area contributed by atoms with Crippen LogP contribution < -0.4 is 15.4 Å². The smallest absolute Gasteiger partial charge is 0.243 e. The molecule has 10 heteroatoms. The van der Waals surface area contributed by atoms with E-state index in [1.807, 2.05) is 0 Å². The van der Waals surface area contributed by atoms with Crippen LogP contribution in [0, 0.1) is 0 Å². The molecule has 3 N–H and O–H groups in total. The number of hydrogen-bond donors (Lipinski definition) is 3. The van der Waals surface area contributed by atoms with Crippen LogP contribution in [0.3, 0.4) is 0 Å². The van der Waals surface area contributed by atoms with Crippen LogP contribution in [-0.2, 0) is 19.6 Å². The molecule has 0 aliphatic rings. The first kappa shape index (κ1) is 21.4. The third kappa shape index (κ3) is 7.30. The maximum absolute atomic E-state index is 12.1. The summed E-state index contributed by atoms with van der Waals surface area (Å²) in [7, 11) is -3.69. The van der Waals surface area contributed by atoms with Gasteiger partial charge in [0.2, 0.25) is 21.8 Å². The van der Waals surface area contributed by atoms with Crippen LogP contribution >= 0.6 is 27.5 Å². The Morgan fingerprint density at radius 2 is 1.59 bits per heavy atom. The molecule has 0 aliphatic carbocycles. The minimum absolute atomic E-state index is 0.0803. The van der Waals surface area contributed by atoms with E-state index in [0.717, 1.165) is 4.47 Å². The standard InChI is InChI=1S/C17H17BrClN3O4S/c18-12-1-7-15(8-2-12)27(25,26)21-10-9-16(23)20-11-17(24)22-14-5-3-13(19)4-6-14/h1-8,21H,9-11H2,(H,20,23)(H,22,24). The molecule has 0 bridgehead atoms. The predicted octanol–water partition coefficient (Wildman–Crippen LogP) is 2.53. The predicted molar refractivity (Wildman–Crippen MR) is 107 cm³/mol. The van der Waals surface area contributed by atoms with Crippen molar-refractivity contribution in [3.63, 3.8) is 0 Å². The van der Waals surface area contributed by atoms with Crippen molar-refractivity contribution < 1.29 is 18.0 Å². The molecule has 0 saturated carbocycles. The molecule has 0 saturated heterocycles. The normalized spacial score (nSPS) is 11.0. The van der Waals surface area contributed by atoms with Crippen molar-refractivity contribution in [3.05, 3.63) is 58.0 Å². The van der Waals surface area contributed by atoms with Gasteiger partial charge in [0.1, 0.15) is 0 Å². The molecule has 0 radical (unpaired) electrons. The van der Waals surface area contributed by atoms with Crippen LogP contribution in [0.15, 0.2) is 57.9 Å². The summed E-state index contributed by atoms with van der Waals surface area (Å²) in [6.45, 7) is -0.302. The highest BCUT2D eigenvalue weighted by atomic mass is 79.9. The van der Waals surface area contributed by atoms with E-state index < -0.39 is 21.8 Å². The molecule has 7 nitrogen and oxygen atoms in total. The zero-order valence-electron chi connectivity index (χ0n) is 14.0. The van der Waals surface area contributed by atoms with Gasteiger partial charge >= 0.3 is 0 Å². The Morgan fingerprint density at radius 3 is 2.22 bits per heavy atom. The lowest BCUT2D eigenvalue weighted by atomic mass is 10.3. The lowest BCUT2D eigenvalue weighted by Gasteiger charge is -2.08. The zero-order chi connectivity index (χ0) is 19.9. The fourth-order valence-corrected chi connectivity index (χ4v) is 3.42. The van der Waals surface area contributed by atoms with E-state index in [1.165, 1.54) is 12.1 Å². The lowest BCUT2D eigenvalue weighted by Crippen LogP contribution is -2.35. The Labute approximate surface area is 170 Å².